The molecule has 2 nitrogen and oxygen atoms in total. The number of hydrogen-bond acceptors (Lipinski definition) is 2. The maximum Gasteiger partial charge on any atom is 0.194 e. The summed E-state index contributed by atoms with van der Waals surface area (Å²) in [6.45, 7) is 3.04. The average molecular weight is 257 g/mol. The fraction of sp³-hybridized carbons (Fsp3) is 0.385. The van der Waals surface area contributed by atoms with Gasteiger partial charge in [-0.1, -0.05) is 6.92 Å². The van der Waals surface area contributed by atoms with Crippen LogP contribution in [-0.4, -0.2) is 13.2 Å². The Hall–Kier alpha value is -1.49. The van der Waals surface area contributed by atoms with Gasteiger partial charge in [-0.15, -0.1) is 0 Å². The van der Waals surface area contributed by atoms with Crippen LogP contribution in [0, 0.1) is 17.5 Å². The summed E-state index contributed by atoms with van der Waals surface area (Å²) in [6.07, 6.45) is 2.63. The van der Waals surface area contributed by atoms with Crippen LogP contribution in [0.3, 0.4) is 0 Å². The summed E-state index contributed by atoms with van der Waals surface area (Å²) in [7, 11) is 0. The van der Waals surface area contributed by atoms with Crippen molar-refractivity contribution in [3.05, 3.63) is 47.0 Å². The number of rotatable bonds is 4. The van der Waals surface area contributed by atoms with E-state index in [4.69, 9.17) is 4.74 Å². The third-order valence-corrected chi connectivity index (χ3v) is 2.76. The molecule has 1 aromatic carbocycles. The van der Waals surface area contributed by atoms with Crippen LogP contribution in [0.15, 0.2) is 24.0 Å². The molecule has 98 valence electrons. The van der Waals surface area contributed by atoms with Gasteiger partial charge >= 0.3 is 0 Å². The molecule has 2 rings (SSSR count). The Morgan fingerprint density at radius 3 is 2.44 bits per heavy atom. The van der Waals surface area contributed by atoms with Gasteiger partial charge in [0, 0.05) is 6.42 Å². The van der Waals surface area contributed by atoms with E-state index in [1.807, 2.05) is 13.0 Å². The molecule has 1 atom stereocenters. The van der Waals surface area contributed by atoms with Crippen molar-refractivity contribution in [1.29, 1.82) is 0 Å². The summed E-state index contributed by atoms with van der Waals surface area (Å²) in [5.41, 5.74) is 0.321. The summed E-state index contributed by atoms with van der Waals surface area (Å²) in [6, 6.07) is 1.55. The minimum absolute atomic E-state index is 0.321. The highest BCUT2D eigenvalue weighted by Crippen LogP contribution is 2.28. The van der Waals surface area contributed by atoms with Gasteiger partial charge in [0.25, 0.3) is 0 Å². The molecule has 0 bridgehead atoms. The van der Waals surface area contributed by atoms with Crippen molar-refractivity contribution in [3.8, 4) is 0 Å². The number of halogens is 3. The van der Waals surface area contributed by atoms with Crippen molar-refractivity contribution in [1.82, 2.24) is 5.32 Å². The summed E-state index contributed by atoms with van der Waals surface area (Å²) in [4.78, 5) is 0. The van der Waals surface area contributed by atoms with Gasteiger partial charge in [0.15, 0.2) is 17.5 Å². The molecule has 1 heterocycles. The van der Waals surface area contributed by atoms with Crippen LogP contribution in [0.4, 0.5) is 13.2 Å². The van der Waals surface area contributed by atoms with Crippen LogP contribution in [-0.2, 0) is 4.74 Å². The summed E-state index contributed by atoms with van der Waals surface area (Å²) in [5, 5.41) is 3.07. The quantitative estimate of drug-likeness (QED) is 0.837. The fourth-order valence-electron chi connectivity index (χ4n) is 1.97. The molecule has 1 N–H and O–H groups in total. The largest absolute Gasteiger partial charge is 0.496 e. The standard InChI is InChI=1S/C13H14F3NO/c1-2-17-13(11-4-3-5-18-11)8-6-9(14)12(16)10(15)7-8/h4,6-7,13,17H,2-3,5H2,1H3. The maximum absolute atomic E-state index is 13.2. The van der Waals surface area contributed by atoms with Gasteiger partial charge in [-0.2, -0.15) is 0 Å². The molecular formula is C13H14F3NO. The zero-order chi connectivity index (χ0) is 13.1. The van der Waals surface area contributed by atoms with Crippen LogP contribution < -0.4 is 5.32 Å². The molecule has 0 aliphatic carbocycles. The van der Waals surface area contributed by atoms with Crippen LogP contribution in [0.5, 0.6) is 0 Å². The van der Waals surface area contributed by atoms with Crippen molar-refractivity contribution < 1.29 is 17.9 Å². The van der Waals surface area contributed by atoms with E-state index >= 15 is 0 Å². The Morgan fingerprint density at radius 1 is 1.28 bits per heavy atom. The fourth-order valence-corrected chi connectivity index (χ4v) is 1.97. The van der Waals surface area contributed by atoms with Gasteiger partial charge < -0.3 is 10.1 Å². The molecule has 0 fully saturated rings. The first-order valence-electron chi connectivity index (χ1n) is 5.84. The molecule has 1 unspecified atom stereocenters. The van der Waals surface area contributed by atoms with Gasteiger partial charge in [-0.25, -0.2) is 13.2 Å². The second-order valence-corrected chi connectivity index (χ2v) is 4.03. The predicted molar refractivity (Wildman–Crippen MR) is 61.4 cm³/mol. The second-order valence-electron chi connectivity index (χ2n) is 4.03. The number of likely N-dealkylation sites (N-methyl/N-ethyl adjacent to an activating group) is 1. The highest BCUT2D eigenvalue weighted by Gasteiger charge is 2.22. The molecule has 1 aromatic rings. The number of nitrogens with one attached hydrogen (secondary N) is 1. The van der Waals surface area contributed by atoms with Crippen molar-refractivity contribution in [3.63, 3.8) is 0 Å². The lowest BCUT2D eigenvalue weighted by molar-refractivity contribution is 0.215. The van der Waals surface area contributed by atoms with Gasteiger partial charge in [0.1, 0.15) is 5.76 Å². The van der Waals surface area contributed by atoms with Crippen molar-refractivity contribution in [2.45, 2.75) is 19.4 Å². The van der Waals surface area contributed by atoms with Crippen molar-refractivity contribution in [2.24, 2.45) is 0 Å². The SMILES string of the molecule is CCNC(C1=CCCO1)c1cc(F)c(F)c(F)c1. The van der Waals surface area contributed by atoms with E-state index in [0.717, 1.165) is 18.6 Å². The monoisotopic (exact) mass is 257 g/mol. The Labute approximate surface area is 103 Å². The Kier molecular flexibility index (Phi) is 3.91. The van der Waals surface area contributed by atoms with E-state index in [1.165, 1.54) is 0 Å². The van der Waals surface area contributed by atoms with Crippen molar-refractivity contribution in [2.75, 3.05) is 13.2 Å². The summed E-state index contributed by atoms with van der Waals surface area (Å²) in [5.74, 6) is -3.20. The molecule has 1 aliphatic rings. The van der Waals surface area contributed by atoms with Gasteiger partial charge in [0.05, 0.1) is 12.6 Å². The first kappa shape index (κ1) is 13.0. The van der Waals surface area contributed by atoms with Gasteiger partial charge in [0.2, 0.25) is 0 Å². The molecule has 5 heteroatoms. The zero-order valence-corrected chi connectivity index (χ0v) is 9.97. The first-order chi connectivity index (χ1) is 8.63. The molecule has 0 saturated carbocycles. The van der Waals surface area contributed by atoms with E-state index < -0.39 is 23.5 Å². The van der Waals surface area contributed by atoms with Crippen LogP contribution in [0.1, 0.15) is 24.9 Å². The number of ether oxygens (including phenoxy) is 1. The van der Waals surface area contributed by atoms with Crippen LogP contribution in [0.25, 0.3) is 0 Å². The van der Waals surface area contributed by atoms with Crippen LogP contribution in [0.2, 0.25) is 0 Å². The van der Waals surface area contributed by atoms with E-state index in [2.05, 4.69) is 5.32 Å². The van der Waals surface area contributed by atoms with E-state index in [-0.39, 0.29) is 0 Å². The number of hydrogen-bond donors (Lipinski definition) is 1. The molecule has 0 radical (unpaired) electrons. The molecule has 1 aliphatic heterocycles. The van der Waals surface area contributed by atoms with Gasteiger partial charge in [-0.3, -0.25) is 0 Å². The van der Waals surface area contributed by atoms with E-state index in [0.29, 0.717) is 24.5 Å². The smallest absolute Gasteiger partial charge is 0.194 e. The second kappa shape index (κ2) is 5.44. The molecule has 0 spiro atoms. The first-order valence-corrected chi connectivity index (χ1v) is 5.84. The molecule has 0 amide bonds. The third-order valence-electron chi connectivity index (χ3n) is 2.76. The lowest BCUT2D eigenvalue weighted by Crippen LogP contribution is -2.23. The molecule has 0 aromatic heterocycles. The average Bonchev–Trinajstić information content (AvgIpc) is 2.86. The van der Waals surface area contributed by atoms with E-state index in [1.54, 1.807) is 0 Å². The highest BCUT2D eigenvalue weighted by atomic mass is 19.2. The zero-order valence-electron chi connectivity index (χ0n) is 9.97. The lowest BCUT2D eigenvalue weighted by atomic mass is 10.0. The number of benzene rings is 1. The maximum atomic E-state index is 13.2. The predicted octanol–water partition coefficient (Wildman–Crippen LogP) is 3.06. The highest BCUT2D eigenvalue weighted by molar-refractivity contribution is 5.28. The van der Waals surface area contributed by atoms with Crippen LogP contribution >= 0.6 is 0 Å². The summed E-state index contributed by atoms with van der Waals surface area (Å²) < 4.78 is 44.8. The molecule has 18 heavy (non-hydrogen) atoms. The van der Waals surface area contributed by atoms with Gasteiger partial charge in [-0.05, 0) is 30.3 Å². The minimum Gasteiger partial charge on any atom is -0.496 e. The Balaban J connectivity index is 2.36. The van der Waals surface area contributed by atoms with E-state index in [9.17, 15) is 13.2 Å². The van der Waals surface area contributed by atoms with Crippen molar-refractivity contribution >= 4 is 0 Å². The Bertz CT molecular complexity index is 450. The summed E-state index contributed by atoms with van der Waals surface area (Å²) >= 11 is 0. The molecule has 0 saturated heterocycles. The molecular weight excluding hydrogens is 243 g/mol. The third kappa shape index (κ3) is 2.51. The normalized spacial score (nSPS) is 16.3. The topological polar surface area (TPSA) is 21.3 Å². The Morgan fingerprint density at radius 2 is 1.94 bits per heavy atom. The minimum atomic E-state index is -1.45. The lowest BCUT2D eigenvalue weighted by Gasteiger charge is -2.19.